The van der Waals surface area contributed by atoms with Gasteiger partial charge in [0.2, 0.25) is 4.77 Å². The third kappa shape index (κ3) is 3.21. The molecule has 0 aliphatic heterocycles. The van der Waals surface area contributed by atoms with E-state index < -0.39 is 12.0 Å². The van der Waals surface area contributed by atoms with Crippen molar-refractivity contribution in [2.45, 2.75) is 6.18 Å². The van der Waals surface area contributed by atoms with Gasteiger partial charge in [-0.05, 0) is 36.0 Å². The number of phenolic OH excluding ortho intramolecular Hbond substituents is 1. The number of halogens is 3. The minimum Gasteiger partial charge on any atom is -0.504 e. The predicted molar refractivity (Wildman–Crippen MR) is 70.1 cm³/mol. The molecule has 6 nitrogen and oxygen atoms in total. The maximum absolute atomic E-state index is 12.7. The highest BCUT2D eigenvalue weighted by Gasteiger charge is 2.37. The Labute approximate surface area is 121 Å². The Morgan fingerprint density at radius 1 is 1.48 bits per heavy atom. The monoisotopic (exact) mass is 318 g/mol. The zero-order valence-electron chi connectivity index (χ0n) is 10.5. The number of methoxy groups -OCH3 is 1. The molecule has 0 unspecified atom stereocenters. The first-order valence-electron chi connectivity index (χ1n) is 5.49. The average molecular weight is 318 g/mol. The number of ether oxygens (including phenoxy) is 1. The Hall–Kier alpha value is -2.36. The van der Waals surface area contributed by atoms with Crippen LogP contribution in [-0.2, 0) is 6.18 Å². The van der Waals surface area contributed by atoms with Crippen LogP contribution >= 0.6 is 12.2 Å². The van der Waals surface area contributed by atoms with Crippen molar-refractivity contribution in [3.63, 3.8) is 0 Å². The lowest BCUT2D eigenvalue weighted by molar-refractivity contribution is -0.147. The van der Waals surface area contributed by atoms with Gasteiger partial charge in [0.15, 0.2) is 11.5 Å². The van der Waals surface area contributed by atoms with Crippen LogP contribution in [0.25, 0.3) is 0 Å². The Kier molecular flexibility index (Phi) is 3.98. The minimum absolute atomic E-state index is 0.0921. The molecule has 0 saturated carbocycles. The first kappa shape index (κ1) is 15.0. The lowest BCUT2D eigenvalue weighted by Crippen LogP contribution is -2.12. The van der Waals surface area contributed by atoms with Crippen LogP contribution in [0.3, 0.4) is 0 Å². The van der Waals surface area contributed by atoms with Gasteiger partial charge in [-0.3, -0.25) is 0 Å². The van der Waals surface area contributed by atoms with Gasteiger partial charge >= 0.3 is 6.18 Å². The minimum atomic E-state index is -4.68. The van der Waals surface area contributed by atoms with Crippen molar-refractivity contribution in [2.75, 3.05) is 7.11 Å². The maximum atomic E-state index is 12.7. The van der Waals surface area contributed by atoms with E-state index in [1.54, 1.807) is 0 Å². The van der Waals surface area contributed by atoms with Crippen molar-refractivity contribution < 1.29 is 23.0 Å². The van der Waals surface area contributed by atoms with Gasteiger partial charge in [0.1, 0.15) is 0 Å². The van der Waals surface area contributed by atoms with E-state index in [9.17, 15) is 18.3 Å². The lowest BCUT2D eigenvalue weighted by Gasteiger charge is -2.05. The van der Waals surface area contributed by atoms with E-state index in [1.807, 2.05) is 5.10 Å². The summed E-state index contributed by atoms with van der Waals surface area (Å²) in [6.07, 6.45) is -3.54. The second-order valence-electron chi connectivity index (χ2n) is 3.84. The summed E-state index contributed by atoms with van der Waals surface area (Å²) in [5.74, 6) is -1.18. The van der Waals surface area contributed by atoms with Crippen LogP contribution in [0.15, 0.2) is 23.3 Å². The Morgan fingerprint density at radius 3 is 2.81 bits per heavy atom. The highest BCUT2D eigenvalue weighted by Crippen LogP contribution is 2.28. The van der Waals surface area contributed by atoms with Gasteiger partial charge in [0, 0.05) is 0 Å². The molecule has 0 bridgehead atoms. The fourth-order valence-corrected chi connectivity index (χ4v) is 1.66. The fourth-order valence-electron chi connectivity index (χ4n) is 1.48. The van der Waals surface area contributed by atoms with Gasteiger partial charge in [-0.15, -0.1) is 5.10 Å². The van der Waals surface area contributed by atoms with Crippen molar-refractivity contribution in [3.05, 3.63) is 34.4 Å². The number of aromatic amines is 1. The topological polar surface area (TPSA) is 75.4 Å². The molecule has 1 aromatic carbocycles. The summed E-state index contributed by atoms with van der Waals surface area (Å²) >= 11 is 4.69. The zero-order valence-corrected chi connectivity index (χ0v) is 11.4. The molecule has 0 fully saturated rings. The third-order valence-electron chi connectivity index (χ3n) is 2.43. The van der Waals surface area contributed by atoms with Gasteiger partial charge in [0.05, 0.1) is 13.3 Å². The summed E-state index contributed by atoms with van der Waals surface area (Å²) in [5.41, 5.74) is 0.417. The van der Waals surface area contributed by atoms with Crippen LogP contribution in [-0.4, -0.2) is 33.3 Å². The maximum Gasteiger partial charge on any atom is 0.453 e. The van der Waals surface area contributed by atoms with E-state index in [0.29, 0.717) is 10.2 Å². The molecule has 1 aromatic heterocycles. The highest BCUT2D eigenvalue weighted by molar-refractivity contribution is 7.71. The van der Waals surface area contributed by atoms with Gasteiger partial charge < -0.3 is 9.84 Å². The molecule has 0 spiro atoms. The van der Waals surface area contributed by atoms with Gasteiger partial charge in [-0.1, -0.05) is 0 Å². The molecule has 0 amide bonds. The lowest BCUT2D eigenvalue weighted by atomic mass is 10.2. The van der Waals surface area contributed by atoms with Crippen molar-refractivity contribution in [2.24, 2.45) is 5.10 Å². The summed E-state index contributed by atoms with van der Waals surface area (Å²) in [6, 6.07) is 4.20. The molecule has 2 rings (SSSR count). The number of H-pyrrole nitrogens is 1. The van der Waals surface area contributed by atoms with Gasteiger partial charge in [-0.25, -0.2) is 5.10 Å². The number of hydrogen-bond acceptors (Lipinski definition) is 5. The molecule has 0 radical (unpaired) electrons. The first-order valence-corrected chi connectivity index (χ1v) is 5.89. The quantitative estimate of drug-likeness (QED) is 0.674. The van der Waals surface area contributed by atoms with E-state index in [1.165, 1.54) is 25.3 Å². The molecule has 0 aliphatic carbocycles. The molecule has 0 aliphatic rings. The molecule has 1 heterocycles. The normalized spacial score (nSPS) is 12.0. The van der Waals surface area contributed by atoms with Crippen molar-refractivity contribution in [1.29, 1.82) is 0 Å². The van der Waals surface area contributed by atoms with Gasteiger partial charge in [-0.2, -0.15) is 22.9 Å². The van der Waals surface area contributed by atoms with Crippen LogP contribution < -0.4 is 4.74 Å². The van der Waals surface area contributed by atoms with Gasteiger partial charge in [0.25, 0.3) is 5.82 Å². The number of rotatable bonds is 3. The fraction of sp³-hybridized carbons (Fsp3) is 0.182. The second kappa shape index (κ2) is 5.56. The number of aromatic nitrogens is 3. The van der Waals surface area contributed by atoms with E-state index in [0.717, 1.165) is 6.21 Å². The van der Waals surface area contributed by atoms with Crippen molar-refractivity contribution >= 4 is 18.4 Å². The van der Waals surface area contributed by atoms with Crippen molar-refractivity contribution in [3.8, 4) is 11.5 Å². The molecular weight excluding hydrogens is 309 g/mol. The molecule has 112 valence electrons. The number of phenols is 1. The molecule has 10 heteroatoms. The SMILES string of the molecule is COc1cc(/C=N\n2c(C(F)(F)F)n[nH]c2=S)ccc1O. The summed E-state index contributed by atoms with van der Waals surface area (Å²) in [5, 5.41) is 18.2. The molecule has 2 aromatic rings. The summed E-state index contributed by atoms with van der Waals surface area (Å²) < 4.78 is 43.1. The Balaban J connectivity index is 2.39. The average Bonchev–Trinajstić information content (AvgIpc) is 2.79. The number of nitrogens with one attached hydrogen (secondary N) is 1. The summed E-state index contributed by atoms with van der Waals surface area (Å²) in [6.45, 7) is 0. The third-order valence-corrected chi connectivity index (χ3v) is 2.69. The number of alkyl halides is 3. The van der Waals surface area contributed by atoms with E-state index in [2.05, 4.69) is 10.2 Å². The van der Waals surface area contributed by atoms with E-state index >= 15 is 0 Å². The largest absolute Gasteiger partial charge is 0.504 e. The molecule has 0 saturated heterocycles. The van der Waals surface area contributed by atoms with E-state index in [-0.39, 0.29) is 16.3 Å². The van der Waals surface area contributed by atoms with E-state index in [4.69, 9.17) is 17.0 Å². The zero-order chi connectivity index (χ0) is 15.6. The highest BCUT2D eigenvalue weighted by atomic mass is 32.1. The molecular formula is C11H9F3N4O2S. The second-order valence-corrected chi connectivity index (χ2v) is 4.22. The molecule has 0 atom stereocenters. The predicted octanol–water partition coefficient (Wildman–Crippen LogP) is 2.56. The first-order chi connectivity index (χ1) is 9.82. The summed E-state index contributed by atoms with van der Waals surface area (Å²) in [4.78, 5) is 0. The summed E-state index contributed by atoms with van der Waals surface area (Å²) in [7, 11) is 1.35. The smallest absolute Gasteiger partial charge is 0.453 e. The standard InChI is InChI=1S/C11H9F3N4O2S/c1-20-8-4-6(2-3-7(8)19)5-15-18-9(11(12,13)14)16-17-10(18)21/h2-5,19H,1H3,(H,17,21)/b15-5-. The Bertz CT molecular complexity index is 736. The van der Waals surface area contributed by atoms with Crippen LogP contribution in [0.5, 0.6) is 11.5 Å². The number of aromatic hydroxyl groups is 1. The van der Waals surface area contributed by atoms with Crippen LogP contribution in [0, 0.1) is 4.77 Å². The van der Waals surface area contributed by atoms with Crippen molar-refractivity contribution in [1.82, 2.24) is 14.9 Å². The van der Waals surface area contributed by atoms with Crippen LogP contribution in [0.4, 0.5) is 13.2 Å². The Morgan fingerprint density at radius 2 is 2.19 bits per heavy atom. The molecule has 2 N–H and O–H groups in total. The number of hydrogen-bond donors (Lipinski definition) is 2. The van der Waals surface area contributed by atoms with Crippen LogP contribution in [0.2, 0.25) is 0 Å². The number of nitrogens with zero attached hydrogens (tertiary/aromatic N) is 3. The molecule has 21 heavy (non-hydrogen) atoms. The van der Waals surface area contributed by atoms with Crippen LogP contribution in [0.1, 0.15) is 11.4 Å². The number of benzene rings is 1.